The average molecular weight is 1030 g/mol. The zero-order chi connectivity index (χ0) is 53.6. The molecular weight excluding hydrogens is 965 g/mol. The highest BCUT2D eigenvalue weighted by atomic mass is 15.2. The highest BCUT2D eigenvalue weighted by Crippen LogP contribution is 2.71. The lowest BCUT2D eigenvalue weighted by atomic mass is 9.43. The van der Waals surface area contributed by atoms with Gasteiger partial charge >= 0.3 is 0 Å². The normalized spacial score (nSPS) is 19.9. The maximum Gasteiger partial charge on any atom is 0.0541 e. The second-order valence-corrected chi connectivity index (χ2v) is 25.4. The number of benzene rings is 12. The summed E-state index contributed by atoms with van der Waals surface area (Å²) < 4.78 is 0. The molecule has 4 saturated carbocycles. The van der Waals surface area contributed by atoms with Crippen LogP contribution in [0.25, 0.3) is 76.5 Å². The maximum absolute atomic E-state index is 2.71. The molecule has 0 aliphatic heterocycles. The molecule has 0 saturated heterocycles. The van der Waals surface area contributed by atoms with E-state index >= 15 is 0 Å². The molecule has 17 rings (SSSR count). The van der Waals surface area contributed by atoms with E-state index in [2.05, 4.69) is 269 Å². The van der Waals surface area contributed by atoms with Gasteiger partial charge in [-0.2, -0.15) is 0 Å². The van der Waals surface area contributed by atoms with Crippen LogP contribution in [0.15, 0.2) is 224 Å². The van der Waals surface area contributed by atoms with Gasteiger partial charge in [0.1, 0.15) is 0 Å². The Morgan fingerprint density at radius 2 is 1.01 bits per heavy atom. The Labute approximate surface area is 471 Å². The van der Waals surface area contributed by atoms with Crippen molar-refractivity contribution in [1.82, 2.24) is 0 Å². The molecule has 80 heavy (non-hydrogen) atoms. The van der Waals surface area contributed by atoms with Crippen molar-refractivity contribution in [2.24, 2.45) is 23.7 Å². The summed E-state index contributed by atoms with van der Waals surface area (Å²) in [5.41, 5.74) is 22.0. The first-order chi connectivity index (χ1) is 39.1. The van der Waals surface area contributed by atoms with E-state index in [0.717, 1.165) is 17.5 Å². The lowest BCUT2D eigenvalue weighted by Crippen LogP contribution is -2.55. The van der Waals surface area contributed by atoms with E-state index in [1.807, 2.05) is 0 Å². The molecule has 2 heteroatoms. The standard InChI is InChI=1S/C78H66N2/c1-48-17-16-18-49(2)76(48)80(62-34-29-53-21-12-13-22-56(53)44-62)71-37-31-55-30-35-65-70(38-36-64-66(47-68(71)73(55)74(64)65)54-27-32-58(33-28-54)77(3,4)5)79(61-23-10-7-11-24-61)72-46-57(52-19-8-6-9-20-52)45-67-63-25-14-15-26-69(63)78(75(67)72)59-40-50-39-51(42-59)43-60(78)41-50/h6-38,44-47,50-51,59-60H,39-43H2,1-5H3. The Kier molecular flexibility index (Phi) is 10.6. The van der Waals surface area contributed by atoms with Crippen LogP contribution >= 0.6 is 0 Å². The SMILES string of the molecule is Cc1cccc(C)c1N(c1ccc2ccccc2c1)c1ccc2ccc3c(N(c4ccccc4)c4cc(-c5ccccc5)cc5c4C4(c6ccccc6-5)C5CC6CC(C5)CC4C6)ccc4c(-c5ccc(C(C)(C)C)cc5)cc1c2c43. The Balaban J connectivity index is 1.02. The van der Waals surface area contributed by atoms with E-state index in [0.29, 0.717) is 11.8 Å². The molecule has 12 aromatic rings. The second kappa shape index (κ2) is 17.8. The fourth-order valence-electron chi connectivity index (χ4n) is 16.7. The van der Waals surface area contributed by atoms with E-state index in [1.54, 1.807) is 11.1 Å². The molecular formula is C78H66N2. The van der Waals surface area contributed by atoms with Gasteiger partial charge in [0.05, 0.1) is 22.7 Å². The lowest BCUT2D eigenvalue weighted by Gasteiger charge is -2.61. The van der Waals surface area contributed by atoms with Gasteiger partial charge in [-0.3, -0.25) is 0 Å². The van der Waals surface area contributed by atoms with Gasteiger partial charge in [0.15, 0.2) is 0 Å². The molecule has 2 nitrogen and oxygen atoms in total. The molecule has 0 atom stereocenters. The Bertz CT molecular complexity index is 4380. The molecule has 5 aliphatic rings. The van der Waals surface area contributed by atoms with Crippen LogP contribution in [0.2, 0.25) is 0 Å². The zero-order valence-electron chi connectivity index (χ0n) is 46.6. The number of aryl methyl sites for hydroxylation is 2. The third-order valence-corrected chi connectivity index (χ3v) is 19.9. The molecule has 0 aromatic heterocycles. The molecule has 388 valence electrons. The van der Waals surface area contributed by atoms with Crippen molar-refractivity contribution in [3.8, 4) is 33.4 Å². The van der Waals surface area contributed by atoms with Gasteiger partial charge in [-0.15, -0.1) is 0 Å². The van der Waals surface area contributed by atoms with Crippen molar-refractivity contribution >= 4 is 77.2 Å². The fraction of sp³-hybridized carbons (Fsp3) is 0.205. The number of para-hydroxylation sites is 2. The van der Waals surface area contributed by atoms with E-state index < -0.39 is 0 Å². The summed E-state index contributed by atoms with van der Waals surface area (Å²) in [4.78, 5) is 5.28. The van der Waals surface area contributed by atoms with Crippen LogP contribution in [-0.4, -0.2) is 0 Å². The van der Waals surface area contributed by atoms with Gasteiger partial charge in [-0.25, -0.2) is 0 Å². The number of hydrogen-bond acceptors (Lipinski definition) is 2. The highest BCUT2D eigenvalue weighted by molar-refractivity contribution is 6.31. The molecule has 0 N–H and O–H groups in total. The third kappa shape index (κ3) is 7.03. The monoisotopic (exact) mass is 1030 g/mol. The van der Waals surface area contributed by atoms with Gasteiger partial charge in [-0.1, -0.05) is 191 Å². The predicted molar refractivity (Wildman–Crippen MR) is 339 cm³/mol. The smallest absolute Gasteiger partial charge is 0.0541 e. The number of rotatable bonds is 8. The average Bonchev–Trinajstić information content (AvgIpc) is 4.02. The van der Waals surface area contributed by atoms with Gasteiger partial charge < -0.3 is 9.80 Å². The minimum Gasteiger partial charge on any atom is -0.310 e. The van der Waals surface area contributed by atoms with Crippen LogP contribution < -0.4 is 9.80 Å². The van der Waals surface area contributed by atoms with Crippen LogP contribution in [0.1, 0.15) is 80.7 Å². The molecule has 0 radical (unpaired) electrons. The zero-order valence-corrected chi connectivity index (χ0v) is 46.6. The minimum atomic E-state index is -0.0675. The summed E-state index contributed by atoms with van der Waals surface area (Å²) in [5, 5.41) is 10.1. The van der Waals surface area contributed by atoms with Gasteiger partial charge in [0.25, 0.3) is 0 Å². The van der Waals surface area contributed by atoms with Crippen LogP contribution in [0.3, 0.4) is 0 Å². The first-order valence-corrected chi connectivity index (χ1v) is 29.5. The van der Waals surface area contributed by atoms with E-state index in [1.165, 1.54) is 154 Å². The summed E-state index contributed by atoms with van der Waals surface area (Å²) in [5.74, 6) is 2.89. The van der Waals surface area contributed by atoms with Crippen molar-refractivity contribution in [3.05, 3.63) is 252 Å². The van der Waals surface area contributed by atoms with Gasteiger partial charge in [0, 0.05) is 32.9 Å². The van der Waals surface area contributed by atoms with Crippen LogP contribution in [-0.2, 0) is 10.8 Å². The van der Waals surface area contributed by atoms with Gasteiger partial charge in [-0.05, 0) is 218 Å². The third-order valence-electron chi connectivity index (χ3n) is 19.9. The number of nitrogens with zero attached hydrogens (tertiary/aromatic N) is 2. The van der Waals surface area contributed by atoms with E-state index in [4.69, 9.17) is 0 Å². The first-order valence-electron chi connectivity index (χ1n) is 29.5. The number of anilines is 6. The molecule has 12 aromatic carbocycles. The molecule has 4 fully saturated rings. The van der Waals surface area contributed by atoms with Gasteiger partial charge in [0.2, 0.25) is 0 Å². The predicted octanol–water partition coefficient (Wildman–Crippen LogP) is 21.6. The Morgan fingerprint density at radius 3 is 1.75 bits per heavy atom. The largest absolute Gasteiger partial charge is 0.310 e. The molecule has 0 unspecified atom stereocenters. The summed E-state index contributed by atoms with van der Waals surface area (Å²) in [6.07, 6.45) is 6.72. The first kappa shape index (κ1) is 47.5. The minimum absolute atomic E-state index is 0.0288. The highest BCUT2D eigenvalue weighted by Gasteiger charge is 2.62. The summed E-state index contributed by atoms with van der Waals surface area (Å²) >= 11 is 0. The van der Waals surface area contributed by atoms with Crippen molar-refractivity contribution in [1.29, 1.82) is 0 Å². The molecule has 0 heterocycles. The summed E-state index contributed by atoms with van der Waals surface area (Å²) in [6.45, 7) is 11.5. The molecule has 4 bridgehead atoms. The summed E-state index contributed by atoms with van der Waals surface area (Å²) in [7, 11) is 0. The Hall–Kier alpha value is -8.46. The van der Waals surface area contributed by atoms with E-state index in [9.17, 15) is 0 Å². The van der Waals surface area contributed by atoms with Crippen LogP contribution in [0, 0.1) is 37.5 Å². The Morgan fingerprint density at radius 1 is 0.388 bits per heavy atom. The second-order valence-electron chi connectivity index (χ2n) is 25.4. The van der Waals surface area contributed by atoms with Crippen molar-refractivity contribution in [2.75, 3.05) is 9.80 Å². The topological polar surface area (TPSA) is 6.48 Å². The molecule has 5 aliphatic carbocycles. The number of hydrogen-bond donors (Lipinski definition) is 0. The van der Waals surface area contributed by atoms with Crippen molar-refractivity contribution in [3.63, 3.8) is 0 Å². The number of fused-ring (bicyclic) bond motifs is 4. The quantitative estimate of drug-likeness (QED) is 0.140. The fourth-order valence-corrected chi connectivity index (χ4v) is 16.7. The summed E-state index contributed by atoms with van der Waals surface area (Å²) in [6, 6.07) is 86.5. The molecule has 1 spiro atoms. The maximum atomic E-state index is 2.71. The lowest BCUT2D eigenvalue weighted by molar-refractivity contribution is -0.0397. The van der Waals surface area contributed by atoms with Crippen molar-refractivity contribution < 1.29 is 0 Å². The van der Waals surface area contributed by atoms with Crippen LogP contribution in [0.4, 0.5) is 34.1 Å². The van der Waals surface area contributed by atoms with Crippen LogP contribution in [0.5, 0.6) is 0 Å². The van der Waals surface area contributed by atoms with E-state index in [-0.39, 0.29) is 10.8 Å². The molecule has 0 amide bonds. The van der Waals surface area contributed by atoms with Crippen molar-refractivity contribution in [2.45, 2.75) is 77.6 Å².